The van der Waals surface area contributed by atoms with Crippen molar-refractivity contribution in [3.63, 3.8) is 0 Å². The molecule has 0 bridgehead atoms. The van der Waals surface area contributed by atoms with Crippen molar-refractivity contribution in [1.82, 2.24) is 15.3 Å². The fourth-order valence-corrected chi connectivity index (χ4v) is 4.57. The van der Waals surface area contributed by atoms with Crippen LogP contribution < -0.4 is 20.7 Å². The van der Waals surface area contributed by atoms with Crippen molar-refractivity contribution < 1.29 is 32.3 Å². The van der Waals surface area contributed by atoms with E-state index < -0.39 is 33.3 Å². The molecule has 3 aromatic rings. The minimum atomic E-state index is -3.36. The highest BCUT2D eigenvalue weighted by molar-refractivity contribution is 7.89. The minimum absolute atomic E-state index is 0.0468. The van der Waals surface area contributed by atoms with Crippen LogP contribution in [-0.4, -0.2) is 61.3 Å². The molecule has 1 aromatic carbocycles. The summed E-state index contributed by atoms with van der Waals surface area (Å²) in [5, 5.41) is 8.35. The van der Waals surface area contributed by atoms with Crippen molar-refractivity contribution in [2.45, 2.75) is 45.5 Å². The number of rotatable bonds is 11. The zero-order valence-corrected chi connectivity index (χ0v) is 26.1. The molecule has 0 aliphatic heterocycles. The van der Waals surface area contributed by atoms with Gasteiger partial charge in [-0.2, -0.15) is 0 Å². The van der Waals surface area contributed by atoms with Crippen LogP contribution >= 0.6 is 11.6 Å². The first-order chi connectivity index (χ1) is 20.1. The van der Waals surface area contributed by atoms with Gasteiger partial charge in [0.25, 0.3) is 11.8 Å². The fraction of sp³-hybridized carbons (Fsp3) is 0.345. The molecule has 12 nitrogen and oxygen atoms in total. The molecule has 0 atom stereocenters. The van der Waals surface area contributed by atoms with E-state index in [4.69, 9.17) is 21.1 Å². The van der Waals surface area contributed by atoms with Gasteiger partial charge in [0, 0.05) is 24.7 Å². The summed E-state index contributed by atoms with van der Waals surface area (Å²) in [5.74, 6) is -1.10. The van der Waals surface area contributed by atoms with Gasteiger partial charge in [0.05, 0.1) is 28.6 Å². The van der Waals surface area contributed by atoms with Gasteiger partial charge in [0.2, 0.25) is 0 Å². The van der Waals surface area contributed by atoms with Crippen LogP contribution in [0.25, 0.3) is 0 Å². The molecule has 0 unspecified atom stereocenters. The normalized spacial score (nSPS) is 11.4. The van der Waals surface area contributed by atoms with Gasteiger partial charge < -0.3 is 25.4 Å². The fourth-order valence-electron chi connectivity index (χ4n) is 3.67. The summed E-state index contributed by atoms with van der Waals surface area (Å²) in [4.78, 5) is 46.7. The van der Waals surface area contributed by atoms with Crippen LogP contribution in [0, 0.1) is 6.92 Å². The average molecular weight is 632 g/mol. The van der Waals surface area contributed by atoms with Crippen LogP contribution in [-0.2, 0) is 20.3 Å². The Morgan fingerprint density at radius 3 is 2.40 bits per heavy atom. The second kappa shape index (κ2) is 14.3. The van der Waals surface area contributed by atoms with Crippen LogP contribution in [0.2, 0.25) is 5.02 Å². The maximum atomic E-state index is 13.4. The van der Waals surface area contributed by atoms with E-state index in [-0.39, 0.29) is 47.4 Å². The number of alkyl carbamates (subject to hydrolysis) is 1. The van der Waals surface area contributed by atoms with E-state index in [1.54, 1.807) is 45.9 Å². The molecule has 0 saturated heterocycles. The Kier molecular flexibility index (Phi) is 11.1. The molecule has 14 heteroatoms. The second-order valence-electron chi connectivity index (χ2n) is 10.6. The average Bonchev–Trinajstić information content (AvgIpc) is 2.89. The molecule has 43 heavy (non-hydrogen) atoms. The number of hydrogen-bond acceptors (Lipinski definition) is 9. The molecule has 2 aromatic heterocycles. The molecule has 0 radical (unpaired) electrons. The molecule has 230 valence electrons. The number of halogens is 1. The number of aromatic nitrogens is 2. The van der Waals surface area contributed by atoms with Gasteiger partial charge >= 0.3 is 6.09 Å². The third kappa shape index (κ3) is 11.2. The quantitative estimate of drug-likeness (QED) is 0.252. The summed E-state index contributed by atoms with van der Waals surface area (Å²) < 4.78 is 34.8. The standard InChI is InChI=1S/C29H34ClN5O7S/c1-18-7-11-22(25(33-18)27(37)35-24-12-9-20(30)16-32-24)34-26(36)21-10-8-19(17-43(5,39)40)15-23(21)41-14-6-13-31-28(38)42-29(2,3)4/h7-12,15-16H,6,13-14,17H2,1-5H3,(H,31,38)(H,34,36)(H,32,35,37). The number of aryl methyl sites for hydroxylation is 1. The Balaban J connectivity index is 1.78. The summed E-state index contributed by atoms with van der Waals surface area (Å²) in [6.45, 7) is 7.31. The Morgan fingerprint density at radius 2 is 1.74 bits per heavy atom. The Hall–Kier alpha value is -4.23. The van der Waals surface area contributed by atoms with Crippen molar-refractivity contribution in [1.29, 1.82) is 0 Å². The van der Waals surface area contributed by atoms with Crippen LogP contribution in [0.3, 0.4) is 0 Å². The number of nitrogens with zero attached hydrogens (tertiary/aromatic N) is 2. The first kappa shape index (κ1) is 33.3. The predicted octanol–water partition coefficient (Wildman–Crippen LogP) is 4.78. The lowest BCUT2D eigenvalue weighted by Crippen LogP contribution is -2.33. The molecule has 0 saturated carbocycles. The van der Waals surface area contributed by atoms with Gasteiger partial charge in [-0.1, -0.05) is 17.7 Å². The van der Waals surface area contributed by atoms with E-state index >= 15 is 0 Å². The number of pyridine rings is 2. The first-order valence-electron chi connectivity index (χ1n) is 13.2. The summed E-state index contributed by atoms with van der Waals surface area (Å²) in [6, 6.07) is 10.7. The summed E-state index contributed by atoms with van der Waals surface area (Å²) in [7, 11) is -3.36. The van der Waals surface area contributed by atoms with E-state index in [0.717, 1.165) is 6.26 Å². The van der Waals surface area contributed by atoms with Gasteiger partial charge in [-0.05, 0) is 76.1 Å². The van der Waals surface area contributed by atoms with Crippen molar-refractivity contribution in [2.75, 3.05) is 30.0 Å². The molecule has 0 aliphatic rings. The number of benzene rings is 1. The van der Waals surface area contributed by atoms with E-state index in [1.165, 1.54) is 30.5 Å². The van der Waals surface area contributed by atoms with E-state index in [9.17, 15) is 22.8 Å². The zero-order valence-electron chi connectivity index (χ0n) is 24.5. The number of sulfone groups is 1. The molecular weight excluding hydrogens is 598 g/mol. The molecule has 3 rings (SSSR count). The maximum absolute atomic E-state index is 13.4. The first-order valence-corrected chi connectivity index (χ1v) is 15.7. The van der Waals surface area contributed by atoms with Gasteiger partial charge in [0.15, 0.2) is 15.5 Å². The van der Waals surface area contributed by atoms with Gasteiger partial charge in [0.1, 0.15) is 17.2 Å². The Morgan fingerprint density at radius 1 is 1.00 bits per heavy atom. The minimum Gasteiger partial charge on any atom is -0.493 e. The maximum Gasteiger partial charge on any atom is 0.407 e. The van der Waals surface area contributed by atoms with Crippen molar-refractivity contribution >= 4 is 50.9 Å². The van der Waals surface area contributed by atoms with Crippen LogP contribution in [0.15, 0.2) is 48.7 Å². The molecule has 3 N–H and O–H groups in total. The topological polar surface area (TPSA) is 166 Å². The lowest BCUT2D eigenvalue weighted by atomic mass is 10.1. The van der Waals surface area contributed by atoms with Gasteiger partial charge in [-0.3, -0.25) is 9.59 Å². The smallest absolute Gasteiger partial charge is 0.407 e. The van der Waals surface area contributed by atoms with Gasteiger partial charge in [-0.15, -0.1) is 0 Å². The summed E-state index contributed by atoms with van der Waals surface area (Å²) in [5.41, 5.74) is 0.520. The lowest BCUT2D eigenvalue weighted by Gasteiger charge is -2.19. The van der Waals surface area contributed by atoms with Crippen molar-refractivity contribution in [2.24, 2.45) is 0 Å². The van der Waals surface area contributed by atoms with Crippen LogP contribution in [0.4, 0.5) is 16.3 Å². The highest BCUT2D eigenvalue weighted by atomic mass is 35.5. The third-order valence-electron chi connectivity index (χ3n) is 5.43. The predicted molar refractivity (Wildman–Crippen MR) is 163 cm³/mol. The molecule has 0 spiro atoms. The molecular formula is C29H34ClN5O7S. The van der Waals surface area contributed by atoms with Crippen molar-refractivity contribution in [3.8, 4) is 5.75 Å². The largest absolute Gasteiger partial charge is 0.493 e. The van der Waals surface area contributed by atoms with E-state index in [0.29, 0.717) is 22.7 Å². The number of anilines is 2. The Labute approximate surface area is 255 Å². The van der Waals surface area contributed by atoms with Crippen LogP contribution in [0.5, 0.6) is 5.75 Å². The second-order valence-corrected chi connectivity index (χ2v) is 13.2. The van der Waals surface area contributed by atoms with Crippen LogP contribution in [0.1, 0.15) is 59.3 Å². The lowest BCUT2D eigenvalue weighted by molar-refractivity contribution is 0.0525. The van der Waals surface area contributed by atoms with E-state index in [1.807, 2.05) is 0 Å². The number of carbonyl (C=O) groups excluding carboxylic acids is 3. The molecule has 2 heterocycles. The SMILES string of the molecule is Cc1ccc(NC(=O)c2ccc(CS(C)(=O)=O)cc2OCCCNC(=O)OC(C)(C)C)c(C(=O)Nc2ccc(Cl)cn2)n1. The highest BCUT2D eigenvalue weighted by Crippen LogP contribution is 2.25. The number of amides is 3. The van der Waals surface area contributed by atoms with Crippen molar-refractivity contribution in [3.05, 3.63) is 76.2 Å². The number of carbonyl (C=O) groups is 3. The number of hydrogen-bond donors (Lipinski definition) is 3. The van der Waals surface area contributed by atoms with E-state index in [2.05, 4.69) is 25.9 Å². The third-order valence-corrected chi connectivity index (χ3v) is 6.51. The molecule has 0 fully saturated rings. The number of nitrogens with one attached hydrogen (secondary N) is 3. The van der Waals surface area contributed by atoms with Gasteiger partial charge in [-0.25, -0.2) is 23.2 Å². The highest BCUT2D eigenvalue weighted by Gasteiger charge is 2.21. The summed E-state index contributed by atoms with van der Waals surface area (Å²) in [6.07, 6.45) is 2.29. The summed E-state index contributed by atoms with van der Waals surface area (Å²) >= 11 is 5.86. The zero-order chi connectivity index (χ0) is 31.8. The Bertz CT molecular complexity index is 1590. The monoisotopic (exact) mass is 631 g/mol. The number of ether oxygens (including phenoxy) is 2. The molecule has 3 amide bonds. The molecule has 0 aliphatic carbocycles.